The number of benzene rings is 2. The Balaban J connectivity index is 1.72. The van der Waals surface area contributed by atoms with Gasteiger partial charge >= 0.3 is 0 Å². The molecule has 1 amide bonds. The van der Waals surface area contributed by atoms with Crippen molar-refractivity contribution in [2.24, 2.45) is 0 Å². The second-order valence-corrected chi connectivity index (χ2v) is 7.05. The summed E-state index contributed by atoms with van der Waals surface area (Å²) in [6.07, 6.45) is 5.46. The van der Waals surface area contributed by atoms with Crippen LogP contribution in [0.4, 0.5) is 4.39 Å². The predicted octanol–water partition coefficient (Wildman–Crippen LogP) is 3.98. The number of hydrogen-bond acceptors (Lipinski definition) is 4. The van der Waals surface area contributed by atoms with E-state index in [1.54, 1.807) is 30.4 Å². The highest BCUT2D eigenvalue weighted by atomic mass is 19.1. The van der Waals surface area contributed by atoms with E-state index in [0.717, 1.165) is 18.4 Å². The van der Waals surface area contributed by atoms with Gasteiger partial charge in [0, 0.05) is 6.04 Å². The third-order valence-corrected chi connectivity index (χ3v) is 4.88. The lowest BCUT2D eigenvalue weighted by Gasteiger charge is -2.10. The predicted molar refractivity (Wildman–Crippen MR) is 108 cm³/mol. The SMILES string of the molecule is COc1c(C(=O)NC2CC2)ccc2[nH]nc(/C=C/c3ccc(F)c(C(C)=O)c3)c12. The van der Waals surface area contributed by atoms with Crippen LogP contribution in [0.3, 0.4) is 0 Å². The third kappa shape index (κ3) is 3.76. The molecule has 1 aliphatic rings. The Kier molecular flexibility index (Phi) is 4.88. The van der Waals surface area contributed by atoms with Crippen LogP contribution in [0.2, 0.25) is 0 Å². The number of methoxy groups -OCH3 is 1. The number of ether oxygens (including phenoxy) is 1. The fourth-order valence-corrected chi connectivity index (χ4v) is 3.20. The molecule has 2 aromatic carbocycles. The summed E-state index contributed by atoms with van der Waals surface area (Å²) in [5.41, 5.74) is 2.45. The van der Waals surface area contributed by atoms with Crippen LogP contribution in [0.5, 0.6) is 5.75 Å². The van der Waals surface area contributed by atoms with E-state index in [9.17, 15) is 14.0 Å². The minimum atomic E-state index is -0.548. The monoisotopic (exact) mass is 393 g/mol. The van der Waals surface area contributed by atoms with Gasteiger partial charge in [0.15, 0.2) is 5.78 Å². The quantitative estimate of drug-likeness (QED) is 0.621. The molecule has 1 heterocycles. The molecule has 0 saturated heterocycles. The zero-order valence-corrected chi connectivity index (χ0v) is 16.1. The van der Waals surface area contributed by atoms with Crippen molar-refractivity contribution in [3.63, 3.8) is 0 Å². The van der Waals surface area contributed by atoms with Crippen molar-refractivity contribution in [3.8, 4) is 5.75 Å². The lowest BCUT2D eigenvalue weighted by Crippen LogP contribution is -2.25. The number of fused-ring (bicyclic) bond motifs is 1. The lowest BCUT2D eigenvalue weighted by atomic mass is 10.0. The van der Waals surface area contributed by atoms with E-state index >= 15 is 0 Å². The molecule has 29 heavy (non-hydrogen) atoms. The van der Waals surface area contributed by atoms with Gasteiger partial charge in [-0.2, -0.15) is 5.10 Å². The van der Waals surface area contributed by atoms with Gasteiger partial charge in [0.05, 0.1) is 34.8 Å². The number of aromatic nitrogens is 2. The molecule has 1 saturated carbocycles. The zero-order valence-electron chi connectivity index (χ0n) is 16.1. The van der Waals surface area contributed by atoms with Crippen LogP contribution >= 0.6 is 0 Å². The molecule has 2 N–H and O–H groups in total. The number of halogens is 1. The normalized spacial score (nSPS) is 13.8. The molecular formula is C22H20FN3O3. The first-order chi connectivity index (χ1) is 14.0. The van der Waals surface area contributed by atoms with Crippen molar-refractivity contribution < 1.29 is 18.7 Å². The number of H-pyrrole nitrogens is 1. The average Bonchev–Trinajstić information content (AvgIpc) is 3.42. The minimum absolute atomic E-state index is 0.0376. The average molecular weight is 393 g/mol. The Labute approximate surface area is 166 Å². The molecule has 0 aliphatic heterocycles. The Hall–Kier alpha value is -3.48. The maximum Gasteiger partial charge on any atom is 0.255 e. The van der Waals surface area contributed by atoms with Crippen molar-refractivity contribution in [2.45, 2.75) is 25.8 Å². The number of Topliss-reactive ketones (excluding diaryl/α,β-unsaturated/α-hetero) is 1. The molecule has 148 valence electrons. The van der Waals surface area contributed by atoms with Crippen molar-refractivity contribution in [3.05, 3.63) is 58.5 Å². The summed E-state index contributed by atoms with van der Waals surface area (Å²) in [5.74, 6) is -0.617. The van der Waals surface area contributed by atoms with E-state index in [4.69, 9.17) is 4.74 Å². The van der Waals surface area contributed by atoms with E-state index in [2.05, 4.69) is 15.5 Å². The van der Waals surface area contributed by atoms with Crippen LogP contribution in [0.15, 0.2) is 30.3 Å². The van der Waals surface area contributed by atoms with Crippen LogP contribution in [0.1, 0.15) is 51.7 Å². The minimum Gasteiger partial charge on any atom is -0.495 e. The molecule has 1 fully saturated rings. The van der Waals surface area contributed by atoms with E-state index in [1.807, 2.05) is 0 Å². The molecule has 3 aromatic rings. The first-order valence-electron chi connectivity index (χ1n) is 9.32. The van der Waals surface area contributed by atoms with Gasteiger partial charge in [-0.05, 0) is 55.7 Å². The summed E-state index contributed by atoms with van der Waals surface area (Å²) in [6, 6.07) is 8.08. The molecule has 6 nitrogen and oxygen atoms in total. The first-order valence-corrected chi connectivity index (χ1v) is 9.32. The van der Waals surface area contributed by atoms with Crippen LogP contribution in [-0.2, 0) is 0 Å². The smallest absolute Gasteiger partial charge is 0.255 e. The number of rotatable bonds is 6. The van der Waals surface area contributed by atoms with E-state index in [0.29, 0.717) is 28.0 Å². The van der Waals surface area contributed by atoms with Gasteiger partial charge in [-0.15, -0.1) is 0 Å². The summed E-state index contributed by atoms with van der Waals surface area (Å²) in [6.45, 7) is 1.33. The number of nitrogens with zero attached hydrogens (tertiary/aromatic N) is 1. The van der Waals surface area contributed by atoms with Gasteiger partial charge in [0.2, 0.25) is 0 Å². The van der Waals surface area contributed by atoms with E-state index in [1.165, 1.54) is 26.2 Å². The summed E-state index contributed by atoms with van der Waals surface area (Å²) < 4.78 is 19.3. The maximum absolute atomic E-state index is 13.7. The molecule has 7 heteroatoms. The zero-order chi connectivity index (χ0) is 20.5. The van der Waals surface area contributed by atoms with Gasteiger partial charge in [-0.3, -0.25) is 14.7 Å². The molecule has 4 rings (SSSR count). The molecule has 1 aliphatic carbocycles. The summed E-state index contributed by atoms with van der Waals surface area (Å²) in [7, 11) is 1.52. The summed E-state index contributed by atoms with van der Waals surface area (Å²) in [4.78, 5) is 24.1. The Morgan fingerprint density at radius 2 is 2.00 bits per heavy atom. The second kappa shape index (κ2) is 7.50. The number of amides is 1. The highest BCUT2D eigenvalue weighted by molar-refractivity contribution is 6.05. The van der Waals surface area contributed by atoms with Crippen LogP contribution in [-0.4, -0.2) is 35.0 Å². The molecule has 0 atom stereocenters. The topological polar surface area (TPSA) is 84.1 Å². The Bertz CT molecular complexity index is 1150. The molecule has 0 radical (unpaired) electrons. The standard InChI is InChI=1S/C22H20FN3O3/c1-12(27)16-11-13(3-8-17(16)23)4-9-18-20-19(26-25-18)10-7-15(21(20)29-2)22(28)24-14-5-6-14/h3-4,7-11,14H,5-6H2,1-2H3,(H,24,28)(H,25,26)/b9-4+. The number of hydrogen-bond donors (Lipinski definition) is 2. The molecular weight excluding hydrogens is 373 g/mol. The number of aromatic amines is 1. The molecule has 1 aromatic heterocycles. The van der Waals surface area contributed by atoms with E-state index in [-0.39, 0.29) is 23.3 Å². The van der Waals surface area contributed by atoms with Crippen LogP contribution in [0.25, 0.3) is 23.1 Å². The third-order valence-electron chi connectivity index (χ3n) is 4.88. The van der Waals surface area contributed by atoms with Crippen molar-refractivity contribution in [2.75, 3.05) is 7.11 Å². The summed E-state index contributed by atoms with van der Waals surface area (Å²) >= 11 is 0. The molecule has 0 spiro atoms. The van der Waals surface area contributed by atoms with Crippen molar-refractivity contribution >= 4 is 34.7 Å². The second-order valence-electron chi connectivity index (χ2n) is 7.05. The fourth-order valence-electron chi connectivity index (χ4n) is 3.20. The van der Waals surface area contributed by atoms with Crippen LogP contribution in [0, 0.1) is 5.82 Å². The van der Waals surface area contributed by atoms with E-state index < -0.39 is 5.82 Å². The maximum atomic E-state index is 13.7. The van der Waals surface area contributed by atoms with Gasteiger partial charge in [-0.25, -0.2) is 4.39 Å². The van der Waals surface area contributed by atoms with Gasteiger partial charge in [0.1, 0.15) is 11.6 Å². The molecule has 0 bridgehead atoms. The fraction of sp³-hybridized carbons (Fsp3) is 0.227. The van der Waals surface area contributed by atoms with Gasteiger partial charge < -0.3 is 10.1 Å². The van der Waals surface area contributed by atoms with Gasteiger partial charge in [0.25, 0.3) is 5.91 Å². The molecule has 0 unspecified atom stereocenters. The highest BCUT2D eigenvalue weighted by Crippen LogP contribution is 2.33. The highest BCUT2D eigenvalue weighted by Gasteiger charge is 2.26. The van der Waals surface area contributed by atoms with Crippen molar-refractivity contribution in [1.29, 1.82) is 0 Å². The number of carbonyl (C=O) groups is 2. The number of ketones is 1. The lowest BCUT2D eigenvalue weighted by molar-refractivity contribution is 0.0947. The first kappa shape index (κ1) is 18.9. The Morgan fingerprint density at radius 3 is 2.69 bits per heavy atom. The number of nitrogens with one attached hydrogen (secondary N) is 2. The van der Waals surface area contributed by atoms with Crippen LogP contribution < -0.4 is 10.1 Å². The summed E-state index contributed by atoms with van der Waals surface area (Å²) in [5, 5.41) is 10.9. The number of carbonyl (C=O) groups excluding carboxylic acids is 2. The van der Waals surface area contributed by atoms with Gasteiger partial charge in [-0.1, -0.05) is 12.1 Å². The van der Waals surface area contributed by atoms with Crippen molar-refractivity contribution in [1.82, 2.24) is 15.5 Å². The largest absolute Gasteiger partial charge is 0.495 e. The Morgan fingerprint density at radius 1 is 1.21 bits per heavy atom.